The van der Waals surface area contributed by atoms with Gasteiger partial charge in [-0.25, -0.2) is 19.4 Å². The highest BCUT2D eigenvalue weighted by molar-refractivity contribution is 6.06. The van der Waals surface area contributed by atoms with Crippen LogP contribution >= 0.6 is 0 Å². The molecular formula is C21H31N3O6. The van der Waals surface area contributed by atoms with E-state index in [4.69, 9.17) is 14.2 Å². The zero-order valence-electron chi connectivity index (χ0n) is 18.7. The third-order valence-electron chi connectivity index (χ3n) is 3.77. The van der Waals surface area contributed by atoms with E-state index in [1.807, 2.05) is 0 Å². The number of rotatable bonds is 5. The molecule has 0 atom stereocenters. The Morgan fingerprint density at radius 3 is 2.00 bits per heavy atom. The minimum Gasteiger partial charge on any atom is -0.462 e. The third kappa shape index (κ3) is 7.20. The lowest BCUT2D eigenvalue weighted by Crippen LogP contribution is -2.30. The molecule has 0 aromatic carbocycles. The minimum atomic E-state index is -0.767. The summed E-state index contributed by atoms with van der Waals surface area (Å²) in [6, 6.07) is 1.62. The van der Waals surface area contributed by atoms with Gasteiger partial charge in [0.1, 0.15) is 16.8 Å². The predicted molar refractivity (Wildman–Crippen MR) is 112 cm³/mol. The zero-order valence-corrected chi connectivity index (χ0v) is 18.7. The molecule has 166 valence electrons. The van der Waals surface area contributed by atoms with E-state index in [0.717, 1.165) is 12.8 Å². The predicted octanol–water partition coefficient (Wildman–Crippen LogP) is 4.83. The van der Waals surface area contributed by atoms with Gasteiger partial charge < -0.3 is 14.2 Å². The van der Waals surface area contributed by atoms with E-state index in [1.165, 1.54) is 0 Å². The smallest absolute Gasteiger partial charge is 0.413 e. The Hall–Kier alpha value is -2.84. The number of pyridine rings is 1. The van der Waals surface area contributed by atoms with Gasteiger partial charge in [0.15, 0.2) is 5.82 Å². The number of nitrogens with one attached hydrogen (secondary N) is 2. The number of anilines is 2. The van der Waals surface area contributed by atoms with Gasteiger partial charge in [0.25, 0.3) is 0 Å². The minimum absolute atomic E-state index is 0.0295. The Labute approximate surface area is 176 Å². The highest BCUT2D eigenvalue weighted by Crippen LogP contribution is 2.41. The largest absolute Gasteiger partial charge is 0.462 e. The number of hydrogen-bond donors (Lipinski definition) is 2. The van der Waals surface area contributed by atoms with Crippen LogP contribution in [0, 0.1) is 0 Å². The molecule has 1 aliphatic rings. The van der Waals surface area contributed by atoms with Crippen molar-refractivity contribution in [3.63, 3.8) is 0 Å². The second-order valence-electron chi connectivity index (χ2n) is 9.07. The van der Waals surface area contributed by atoms with Crippen LogP contribution in [0.2, 0.25) is 0 Å². The molecule has 2 amide bonds. The van der Waals surface area contributed by atoms with Crippen molar-refractivity contribution < 1.29 is 28.6 Å². The van der Waals surface area contributed by atoms with Gasteiger partial charge in [0.2, 0.25) is 0 Å². The molecule has 1 saturated carbocycles. The molecule has 1 aliphatic carbocycles. The second-order valence-corrected chi connectivity index (χ2v) is 9.07. The van der Waals surface area contributed by atoms with E-state index in [1.54, 1.807) is 54.5 Å². The molecule has 0 saturated heterocycles. The molecule has 0 bridgehead atoms. The molecule has 2 N–H and O–H groups in total. The fourth-order valence-corrected chi connectivity index (χ4v) is 2.57. The summed E-state index contributed by atoms with van der Waals surface area (Å²) in [7, 11) is 0. The van der Waals surface area contributed by atoms with E-state index in [-0.39, 0.29) is 29.6 Å². The van der Waals surface area contributed by atoms with Crippen molar-refractivity contribution >= 4 is 29.7 Å². The topological polar surface area (TPSA) is 116 Å². The Morgan fingerprint density at radius 1 is 1.00 bits per heavy atom. The molecule has 0 unspecified atom stereocenters. The number of carbonyl (C=O) groups excluding carboxylic acids is 3. The molecule has 9 heteroatoms. The molecule has 1 heterocycles. The summed E-state index contributed by atoms with van der Waals surface area (Å²) in [6.07, 6.45) is 0.369. The summed E-state index contributed by atoms with van der Waals surface area (Å²) in [5.74, 6) is -0.567. The van der Waals surface area contributed by atoms with Gasteiger partial charge in [-0.15, -0.1) is 0 Å². The second kappa shape index (κ2) is 8.89. The highest BCUT2D eigenvalue weighted by atomic mass is 16.6. The summed E-state index contributed by atoms with van der Waals surface area (Å²) in [5.41, 5.74) is -0.721. The van der Waals surface area contributed by atoms with Gasteiger partial charge in [-0.2, -0.15) is 0 Å². The molecule has 2 rings (SSSR count). The summed E-state index contributed by atoms with van der Waals surface area (Å²) in [4.78, 5) is 41.8. The fraction of sp³-hybridized carbons (Fsp3) is 0.619. The maximum absolute atomic E-state index is 12.7. The van der Waals surface area contributed by atoms with Crippen molar-refractivity contribution in [1.29, 1.82) is 0 Å². The lowest BCUT2D eigenvalue weighted by Gasteiger charge is -2.22. The van der Waals surface area contributed by atoms with Crippen LogP contribution in [0.25, 0.3) is 0 Å². The van der Waals surface area contributed by atoms with E-state index in [9.17, 15) is 14.4 Å². The van der Waals surface area contributed by atoms with Crippen LogP contribution in [0.5, 0.6) is 0 Å². The number of esters is 1. The lowest BCUT2D eigenvalue weighted by atomic mass is 10.1. The molecule has 0 spiro atoms. The molecule has 30 heavy (non-hydrogen) atoms. The summed E-state index contributed by atoms with van der Waals surface area (Å²) < 4.78 is 15.7. The van der Waals surface area contributed by atoms with Crippen molar-refractivity contribution in [3.05, 3.63) is 17.3 Å². The Kier molecular flexibility index (Phi) is 6.95. The first-order chi connectivity index (χ1) is 13.8. The van der Waals surface area contributed by atoms with Gasteiger partial charge in [0.05, 0.1) is 12.3 Å². The summed E-state index contributed by atoms with van der Waals surface area (Å²) in [6.45, 7) is 12.1. The first kappa shape index (κ1) is 23.4. The molecule has 0 aliphatic heterocycles. The first-order valence-corrected chi connectivity index (χ1v) is 10.0. The Bertz CT molecular complexity index is 768. The zero-order chi connectivity index (χ0) is 22.7. The summed E-state index contributed by atoms with van der Waals surface area (Å²) >= 11 is 0. The monoisotopic (exact) mass is 421 g/mol. The van der Waals surface area contributed by atoms with Crippen LogP contribution in [-0.2, 0) is 14.2 Å². The normalized spacial score (nSPS) is 14.0. The number of amides is 2. The van der Waals surface area contributed by atoms with Gasteiger partial charge in [0, 0.05) is 11.6 Å². The maximum Gasteiger partial charge on any atom is 0.413 e. The van der Waals surface area contributed by atoms with Gasteiger partial charge >= 0.3 is 18.2 Å². The first-order valence-electron chi connectivity index (χ1n) is 10.0. The van der Waals surface area contributed by atoms with Crippen molar-refractivity contribution in [1.82, 2.24) is 4.98 Å². The van der Waals surface area contributed by atoms with Crippen LogP contribution in [0.3, 0.4) is 0 Å². The molecule has 1 fully saturated rings. The number of hydrogen-bond acceptors (Lipinski definition) is 7. The van der Waals surface area contributed by atoms with Crippen molar-refractivity contribution in [2.24, 2.45) is 0 Å². The lowest BCUT2D eigenvalue weighted by molar-refractivity contribution is 0.0528. The average molecular weight is 421 g/mol. The van der Waals surface area contributed by atoms with Crippen molar-refractivity contribution in [2.75, 3.05) is 17.2 Å². The van der Waals surface area contributed by atoms with E-state index in [0.29, 0.717) is 5.69 Å². The van der Waals surface area contributed by atoms with Crippen LogP contribution in [-0.4, -0.2) is 40.9 Å². The maximum atomic E-state index is 12.7. The van der Waals surface area contributed by atoms with Gasteiger partial charge in [-0.3, -0.25) is 10.6 Å². The molecule has 1 aromatic rings. The third-order valence-corrected chi connectivity index (χ3v) is 3.77. The number of aromatic nitrogens is 1. The number of ether oxygens (including phenoxy) is 3. The van der Waals surface area contributed by atoms with Gasteiger partial charge in [-0.05, 0) is 67.4 Å². The van der Waals surface area contributed by atoms with Crippen molar-refractivity contribution in [2.45, 2.75) is 78.4 Å². The number of nitrogens with zero attached hydrogens (tertiary/aromatic N) is 1. The molecular weight excluding hydrogens is 390 g/mol. The van der Waals surface area contributed by atoms with E-state index in [2.05, 4.69) is 15.6 Å². The number of carbonyl (C=O) groups is 3. The van der Waals surface area contributed by atoms with E-state index >= 15 is 0 Å². The Balaban J connectivity index is 2.46. The van der Waals surface area contributed by atoms with Crippen LogP contribution < -0.4 is 10.6 Å². The van der Waals surface area contributed by atoms with Crippen LogP contribution in [0.15, 0.2) is 6.07 Å². The molecule has 0 radical (unpaired) electrons. The quantitative estimate of drug-likeness (QED) is 0.517. The van der Waals surface area contributed by atoms with Gasteiger partial charge in [-0.1, -0.05) is 0 Å². The molecule has 9 nitrogen and oxygen atoms in total. The fourth-order valence-electron chi connectivity index (χ4n) is 2.57. The van der Waals surface area contributed by atoms with Crippen LogP contribution in [0.1, 0.15) is 83.3 Å². The average Bonchev–Trinajstić information content (AvgIpc) is 3.35. The Morgan fingerprint density at radius 2 is 1.53 bits per heavy atom. The van der Waals surface area contributed by atoms with Crippen molar-refractivity contribution in [3.8, 4) is 0 Å². The SMILES string of the molecule is CCOC(=O)c1c(NC(=O)OC(C)(C)C)cc(C2CC2)nc1NC(=O)OC(C)(C)C. The molecule has 1 aromatic heterocycles. The highest BCUT2D eigenvalue weighted by Gasteiger charge is 2.31. The van der Waals surface area contributed by atoms with E-state index < -0.39 is 29.4 Å². The summed E-state index contributed by atoms with van der Waals surface area (Å²) in [5, 5.41) is 5.12. The standard InChI is InChI=1S/C21H31N3O6/c1-8-28-17(25)15-14(23-18(26)29-20(2,3)4)11-13(12-9-10-12)22-16(15)24-19(27)30-21(5,6)7/h11-12H,8-10H2,1-7H3,(H2,22,23,24,26,27). The van der Waals surface area contributed by atoms with Crippen LogP contribution in [0.4, 0.5) is 21.1 Å².